The quantitative estimate of drug-likeness (QED) is 0.443. The van der Waals surface area contributed by atoms with Crippen LogP contribution in [0.1, 0.15) is 25.8 Å². The van der Waals surface area contributed by atoms with E-state index in [0.717, 1.165) is 5.56 Å². The number of esters is 1. The zero-order valence-electron chi connectivity index (χ0n) is 18.0. The molecule has 0 heterocycles. The predicted molar refractivity (Wildman–Crippen MR) is 111 cm³/mol. The number of carbonyl (C=O) groups is 3. The van der Waals surface area contributed by atoms with Crippen LogP contribution in [0.5, 0.6) is 0 Å². The van der Waals surface area contributed by atoms with E-state index >= 15 is 0 Å². The predicted octanol–water partition coefficient (Wildman–Crippen LogP) is 2.90. The van der Waals surface area contributed by atoms with E-state index in [9.17, 15) is 14.4 Å². The topological polar surface area (TPSA) is 76.2 Å². The van der Waals surface area contributed by atoms with Gasteiger partial charge in [-0.15, -0.1) is 0 Å². The zero-order chi connectivity index (χ0) is 22.0. The summed E-state index contributed by atoms with van der Waals surface area (Å²) in [4.78, 5) is 40.7. The Morgan fingerprint density at radius 2 is 1.69 bits per heavy atom. The smallest absolute Gasteiger partial charge is 0.410 e. The third-order valence-electron chi connectivity index (χ3n) is 4.62. The Balaban J connectivity index is 3.10. The molecule has 160 valence electrons. The summed E-state index contributed by atoms with van der Waals surface area (Å²) in [5.74, 6) is -0.703. The summed E-state index contributed by atoms with van der Waals surface area (Å²) in [5, 5.41) is 0. The van der Waals surface area contributed by atoms with Crippen LogP contribution in [0.3, 0.4) is 0 Å². The number of likely N-dealkylation sites (N-methyl/N-ethyl adjacent to an activating group) is 2. The van der Waals surface area contributed by atoms with E-state index < -0.39 is 24.1 Å². The first-order valence-corrected chi connectivity index (χ1v) is 9.61. The van der Waals surface area contributed by atoms with Gasteiger partial charge in [0, 0.05) is 20.5 Å². The van der Waals surface area contributed by atoms with Gasteiger partial charge in [0.2, 0.25) is 5.91 Å². The summed E-state index contributed by atoms with van der Waals surface area (Å²) in [6.45, 7) is 7.50. The van der Waals surface area contributed by atoms with Crippen molar-refractivity contribution in [1.29, 1.82) is 0 Å². The number of carbonyl (C=O) groups excluding carboxylic acids is 3. The molecule has 1 aromatic rings. The average Bonchev–Trinajstić information content (AvgIpc) is 2.72. The zero-order valence-corrected chi connectivity index (χ0v) is 18.0. The van der Waals surface area contributed by atoms with Gasteiger partial charge in [0.15, 0.2) is 0 Å². The first kappa shape index (κ1) is 24.2. The number of amides is 2. The summed E-state index contributed by atoms with van der Waals surface area (Å²) >= 11 is 0. The molecule has 0 spiro atoms. The van der Waals surface area contributed by atoms with Gasteiger partial charge >= 0.3 is 12.1 Å². The first-order valence-electron chi connectivity index (χ1n) is 9.61. The summed E-state index contributed by atoms with van der Waals surface area (Å²) in [6, 6.07) is 7.83. The largest absolute Gasteiger partial charge is 0.467 e. The fourth-order valence-corrected chi connectivity index (χ4v) is 2.97. The van der Waals surface area contributed by atoms with E-state index in [0.29, 0.717) is 12.8 Å². The molecule has 0 saturated heterocycles. The molecule has 2 amide bonds. The van der Waals surface area contributed by atoms with Crippen LogP contribution >= 0.6 is 0 Å². The molecule has 29 heavy (non-hydrogen) atoms. The molecular weight excluding hydrogens is 372 g/mol. The lowest BCUT2D eigenvalue weighted by molar-refractivity contribution is -0.153. The highest BCUT2D eigenvalue weighted by Crippen LogP contribution is 2.17. The molecule has 1 aromatic carbocycles. The number of hydrogen-bond acceptors (Lipinski definition) is 5. The molecule has 0 aliphatic carbocycles. The van der Waals surface area contributed by atoms with Gasteiger partial charge in [-0.3, -0.25) is 9.69 Å². The van der Waals surface area contributed by atoms with Crippen molar-refractivity contribution in [1.82, 2.24) is 9.80 Å². The normalized spacial score (nSPS) is 12.6. The second-order valence-electron chi connectivity index (χ2n) is 7.30. The van der Waals surface area contributed by atoms with E-state index in [1.165, 1.54) is 30.0 Å². The van der Waals surface area contributed by atoms with Gasteiger partial charge in [-0.1, -0.05) is 56.8 Å². The second kappa shape index (κ2) is 11.9. The third kappa shape index (κ3) is 7.25. The van der Waals surface area contributed by atoms with Crippen LogP contribution < -0.4 is 0 Å². The maximum atomic E-state index is 13.3. The lowest BCUT2D eigenvalue weighted by Crippen LogP contribution is -2.54. The van der Waals surface area contributed by atoms with Crippen LogP contribution in [0.4, 0.5) is 4.79 Å². The Morgan fingerprint density at radius 3 is 2.21 bits per heavy atom. The molecule has 0 aliphatic rings. The van der Waals surface area contributed by atoms with Crippen molar-refractivity contribution in [2.45, 2.75) is 38.8 Å². The molecule has 0 bridgehead atoms. The number of nitrogens with zero attached hydrogens (tertiary/aromatic N) is 2. The summed E-state index contributed by atoms with van der Waals surface area (Å²) < 4.78 is 10.0. The fourth-order valence-electron chi connectivity index (χ4n) is 2.97. The van der Waals surface area contributed by atoms with Crippen molar-refractivity contribution in [3.8, 4) is 0 Å². The van der Waals surface area contributed by atoms with Gasteiger partial charge in [0.1, 0.15) is 18.7 Å². The van der Waals surface area contributed by atoms with Crippen molar-refractivity contribution in [3.63, 3.8) is 0 Å². The Kier molecular flexibility index (Phi) is 9.92. The van der Waals surface area contributed by atoms with Gasteiger partial charge < -0.3 is 14.4 Å². The molecule has 0 fully saturated rings. The van der Waals surface area contributed by atoms with Crippen LogP contribution in [0, 0.1) is 5.92 Å². The Labute approximate surface area is 173 Å². The molecule has 7 heteroatoms. The Hall–Kier alpha value is -2.83. The first-order chi connectivity index (χ1) is 13.7. The maximum Gasteiger partial charge on any atom is 0.410 e. The molecule has 0 N–H and O–H groups in total. The van der Waals surface area contributed by atoms with Crippen LogP contribution in [-0.4, -0.2) is 67.7 Å². The second-order valence-corrected chi connectivity index (χ2v) is 7.30. The Bertz CT molecular complexity index is 690. The van der Waals surface area contributed by atoms with E-state index in [1.54, 1.807) is 7.05 Å². The molecule has 0 radical (unpaired) electrons. The number of benzene rings is 1. The van der Waals surface area contributed by atoms with Gasteiger partial charge in [0.25, 0.3) is 0 Å². The molecular formula is C22H32N2O5. The minimum atomic E-state index is -0.804. The van der Waals surface area contributed by atoms with Gasteiger partial charge in [-0.2, -0.15) is 0 Å². The van der Waals surface area contributed by atoms with Crippen molar-refractivity contribution < 1.29 is 23.9 Å². The van der Waals surface area contributed by atoms with Crippen LogP contribution in [-0.2, 0) is 25.5 Å². The number of ether oxygens (including phenoxy) is 2. The van der Waals surface area contributed by atoms with Crippen molar-refractivity contribution in [2.75, 3.05) is 27.8 Å². The van der Waals surface area contributed by atoms with Crippen LogP contribution in [0.25, 0.3) is 0 Å². The van der Waals surface area contributed by atoms with Crippen molar-refractivity contribution in [2.24, 2.45) is 5.92 Å². The average molecular weight is 405 g/mol. The van der Waals surface area contributed by atoms with Crippen molar-refractivity contribution >= 4 is 18.0 Å². The monoisotopic (exact) mass is 404 g/mol. The van der Waals surface area contributed by atoms with E-state index in [1.807, 2.05) is 44.2 Å². The molecule has 0 aromatic heterocycles. The molecule has 0 saturated carbocycles. The van der Waals surface area contributed by atoms with Crippen LogP contribution in [0.2, 0.25) is 0 Å². The standard InChI is InChI=1S/C22H32N2O5/c1-7-13-29-22(27)24(5)18(14-16(2)3)20(25)23(4)19(21(26)28-6)15-17-11-9-8-10-12-17/h7-12,16,18-19H,1,13-15H2,2-6H3. The minimum absolute atomic E-state index is 0.0559. The van der Waals surface area contributed by atoms with Gasteiger partial charge in [-0.05, 0) is 17.9 Å². The van der Waals surface area contributed by atoms with E-state index in [-0.39, 0.29) is 18.4 Å². The Morgan fingerprint density at radius 1 is 1.07 bits per heavy atom. The highest BCUT2D eigenvalue weighted by Gasteiger charge is 2.36. The van der Waals surface area contributed by atoms with E-state index in [4.69, 9.17) is 9.47 Å². The SMILES string of the molecule is C=CCOC(=O)N(C)C(CC(C)C)C(=O)N(C)C(Cc1ccccc1)C(=O)OC. The minimum Gasteiger partial charge on any atom is -0.467 e. The number of rotatable bonds is 10. The summed E-state index contributed by atoms with van der Waals surface area (Å²) in [6.07, 6.45) is 1.59. The molecule has 7 nitrogen and oxygen atoms in total. The highest BCUT2D eigenvalue weighted by molar-refractivity contribution is 5.89. The summed E-state index contributed by atoms with van der Waals surface area (Å²) in [5.41, 5.74) is 0.904. The maximum absolute atomic E-state index is 13.3. The molecule has 2 atom stereocenters. The number of methoxy groups -OCH3 is 1. The lowest BCUT2D eigenvalue weighted by atomic mass is 9.99. The third-order valence-corrected chi connectivity index (χ3v) is 4.62. The highest BCUT2D eigenvalue weighted by atomic mass is 16.6. The van der Waals surface area contributed by atoms with Gasteiger partial charge in [-0.25, -0.2) is 9.59 Å². The lowest BCUT2D eigenvalue weighted by Gasteiger charge is -2.34. The van der Waals surface area contributed by atoms with Crippen LogP contribution in [0.15, 0.2) is 43.0 Å². The van der Waals surface area contributed by atoms with Crippen molar-refractivity contribution in [3.05, 3.63) is 48.6 Å². The molecule has 0 aliphatic heterocycles. The van der Waals surface area contributed by atoms with Gasteiger partial charge in [0.05, 0.1) is 7.11 Å². The summed E-state index contributed by atoms with van der Waals surface area (Å²) in [7, 11) is 4.38. The number of hydrogen-bond donors (Lipinski definition) is 0. The molecule has 2 unspecified atom stereocenters. The van der Waals surface area contributed by atoms with E-state index in [2.05, 4.69) is 6.58 Å². The molecule has 1 rings (SSSR count). The fraction of sp³-hybridized carbons (Fsp3) is 0.500.